The van der Waals surface area contributed by atoms with Crippen LogP contribution >= 0.6 is 15.9 Å². The van der Waals surface area contributed by atoms with Crippen molar-refractivity contribution in [3.8, 4) is 11.5 Å². The molecule has 2 aromatic heterocycles. The Labute approximate surface area is 117 Å². The predicted octanol–water partition coefficient (Wildman–Crippen LogP) is 2.40. The maximum absolute atomic E-state index is 5.71. The van der Waals surface area contributed by atoms with Gasteiger partial charge in [-0.2, -0.15) is 10.1 Å². The molecule has 0 aliphatic rings. The molecular formula is C12H10BrN5O. The van der Waals surface area contributed by atoms with Gasteiger partial charge in [0.1, 0.15) is 11.4 Å². The zero-order valence-electron chi connectivity index (χ0n) is 9.80. The van der Waals surface area contributed by atoms with E-state index in [2.05, 4.69) is 36.3 Å². The number of anilines is 1. The van der Waals surface area contributed by atoms with Gasteiger partial charge in [0.15, 0.2) is 5.82 Å². The van der Waals surface area contributed by atoms with Crippen LogP contribution in [-0.2, 0) is 6.42 Å². The molecule has 0 spiro atoms. The third-order valence-electron chi connectivity index (χ3n) is 2.67. The van der Waals surface area contributed by atoms with Crippen molar-refractivity contribution in [3.63, 3.8) is 0 Å². The van der Waals surface area contributed by atoms with Crippen molar-refractivity contribution in [2.24, 2.45) is 0 Å². The van der Waals surface area contributed by atoms with E-state index >= 15 is 0 Å². The maximum atomic E-state index is 5.71. The van der Waals surface area contributed by atoms with Gasteiger partial charge in [-0.1, -0.05) is 39.3 Å². The Hall–Kier alpha value is -2.15. The molecule has 6 nitrogen and oxygen atoms in total. The first-order valence-corrected chi connectivity index (χ1v) is 6.38. The number of nitrogens with one attached hydrogen (secondary N) is 1. The van der Waals surface area contributed by atoms with E-state index in [1.807, 2.05) is 24.3 Å². The molecule has 0 amide bonds. The summed E-state index contributed by atoms with van der Waals surface area (Å²) in [6, 6.07) is 7.91. The molecule has 96 valence electrons. The van der Waals surface area contributed by atoms with Crippen molar-refractivity contribution in [3.05, 3.63) is 46.3 Å². The highest BCUT2D eigenvalue weighted by molar-refractivity contribution is 9.10. The Morgan fingerprint density at radius 1 is 1.32 bits per heavy atom. The summed E-state index contributed by atoms with van der Waals surface area (Å²) in [7, 11) is 0. The molecule has 0 aliphatic heterocycles. The lowest BCUT2D eigenvalue weighted by Crippen LogP contribution is -1.92. The van der Waals surface area contributed by atoms with Crippen LogP contribution in [-0.4, -0.2) is 20.3 Å². The van der Waals surface area contributed by atoms with E-state index in [4.69, 9.17) is 10.3 Å². The number of nitrogens with two attached hydrogens (primary N) is 1. The molecule has 0 saturated heterocycles. The molecule has 3 aromatic rings. The summed E-state index contributed by atoms with van der Waals surface area (Å²) in [6.45, 7) is 0. The van der Waals surface area contributed by atoms with Crippen LogP contribution in [0.5, 0.6) is 0 Å². The highest BCUT2D eigenvalue weighted by Gasteiger charge is 2.14. The predicted molar refractivity (Wildman–Crippen MR) is 73.2 cm³/mol. The molecule has 0 bridgehead atoms. The van der Waals surface area contributed by atoms with E-state index in [9.17, 15) is 0 Å². The zero-order chi connectivity index (χ0) is 13.2. The fourth-order valence-corrected chi connectivity index (χ4v) is 2.14. The standard InChI is InChI=1S/C12H10BrN5O/c13-9-4-2-1-3-7(9)5-10-16-12(19-18-10)8-6-15-17-11(8)14/h1-4,6H,5H2,(H3,14,15,17). The van der Waals surface area contributed by atoms with Gasteiger partial charge in [-0.25, -0.2) is 0 Å². The number of nitrogen functional groups attached to an aromatic ring is 1. The average molecular weight is 320 g/mol. The van der Waals surface area contributed by atoms with Gasteiger partial charge in [0.05, 0.1) is 6.20 Å². The van der Waals surface area contributed by atoms with Crippen LogP contribution in [0.3, 0.4) is 0 Å². The highest BCUT2D eigenvalue weighted by Crippen LogP contribution is 2.23. The van der Waals surface area contributed by atoms with Crippen molar-refractivity contribution < 1.29 is 4.52 Å². The van der Waals surface area contributed by atoms with Gasteiger partial charge < -0.3 is 10.3 Å². The SMILES string of the molecule is Nc1[nH]ncc1-c1nc(Cc2ccccc2Br)no1. The third-order valence-corrected chi connectivity index (χ3v) is 3.45. The lowest BCUT2D eigenvalue weighted by atomic mass is 10.1. The number of aromatic nitrogens is 4. The average Bonchev–Trinajstić information content (AvgIpc) is 3.01. The number of H-pyrrole nitrogens is 1. The fraction of sp³-hybridized carbons (Fsp3) is 0.0833. The highest BCUT2D eigenvalue weighted by atomic mass is 79.9. The van der Waals surface area contributed by atoms with E-state index in [-0.39, 0.29) is 0 Å². The van der Waals surface area contributed by atoms with E-state index in [0.717, 1.165) is 10.0 Å². The van der Waals surface area contributed by atoms with Gasteiger partial charge in [0.2, 0.25) is 0 Å². The number of hydrogen-bond acceptors (Lipinski definition) is 5. The van der Waals surface area contributed by atoms with Crippen LogP contribution < -0.4 is 5.73 Å². The second-order valence-electron chi connectivity index (χ2n) is 3.98. The minimum atomic E-state index is 0.369. The largest absolute Gasteiger partial charge is 0.383 e. The van der Waals surface area contributed by atoms with Gasteiger partial charge in [-0.05, 0) is 11.6 Å². The number of hydrogen-bond donors (Lipinski definition) is 2. The summed E-state index contributed by atoms with van der Waals surface area (Å²) in [5, 5.41) is 10.4. The van der Waals surface area contributed by atoms with Gasteiger partial charge in [-0.3, -0.25) is 5.10 Å². The number of benzene rings is 1. The Morgan fingerprint density at radius 2 is 2.16 bits per heavy atom. The molecule has 0 saturated carbocycles. The minimum absolute atomic E-state index is 0.369. The quantitative estimate of drug-likeness (QED) is 0.773. The molecular weight excluding hydrogens is 310 g/mol. The summed E-state index contributed by atoms with van der Waals surface area (Å²) in [5.41, 5.74) is 7.41. The van der Waals surface area contributed by atoms with Gasteiger partial charge in [0, 0.05) is 10.9 Å². The topological polar surface area (TPSA) is 93.6 Å². The van der Waals surface area contributed by atoms with Crippen molar-refractivity contribution in [2.45, 2.75) is 6.42 Å². The Morgan fingerprint density at radius 3 is 2.89 bits per heavy atom. The van der Waals surface area contributed by atoms with Crippen LogP contribution in [0.1, 0.15) is 11.4 Å². The molecule has 0 aliphatic carbocycles. The number of halogens is 1. The minimum Gasteiger partial charge on any atom is -0.383 e. The van der Waals surface area contributed by atoms with Crippen LogP contribution in [0.25, 0.3) is 11.5 Å². The van der Waals surface area contributed by atoms with Gasteiger partial charge in [-0.15, -0.1) is 0 Å². The Bertz CT molecular complexity index is 705. The zero-order valence-corrected chi connectivity index (χ0v) is 11.4. The summed E-state index contributed by atoms with van der Waals surface area (Å²) >= 11 is 3.49. The molecule has 3 rings (SSSR count). The van der Waals surface area contributed by atoms with Crippen molar-refractivity contribution >= 4 is 21.7 Å². The molecule has 0 atom stereocenters. The maximum Gasteiger partial charge on any atom is 0.263 e. The Kier molecular flexibility index (Phi) is 3.04. The number of rotatable bonds is 3. The molecule has 0 radical (unpaired) electrons. The second-order valence-corrected chi connectivity index (χ2v) is 4.84. The Balaban J connectivity index is 1.87. The molecule has 19 heavy (non-hydrogen) atoms. The first-order chi connectivity index (χ1) is 9.24. The smallest absolute Gasteiger partial charge is 0.263 e. The third kappa shape index (κ3) is 2.37. The number of nitrogens with zero attached hydrogens (tertiary/aromatic N) is 3. The van der Waals surface area contributed by atoms with Gasteiger partial charge in [0.25, 0.3) is 5.89 Å². The first-order valence-electron chi connectivity index (χ1n) is 5.59. The lowest BCUT2D eigenvalue weighted by molar-refractivity contribution is 0.424. The summed E-state index contributed by atoms with van der Waals surface area (Å²) in [4.78, 5) is 4.31. The van der Waals surface area contributed by atoms with Crippen LogP contribution in [0.15, 0.2) is 39.5 Å². The molecule has 0 fully saturated rings. The van der Waals surface area contributed by atoms with Crippen molar-refractivity contribution in [1.29, 1.82) is 0 Å². The molecule has 0 unspecified atom stereocenters. The van der Waals surface area contributed by atoms with Crippen molar-refractivity contribution in [2.75, 3.05) is 5.73 Å². The van der Waals surface area contributed by atoms with E-state index < -0.39 is 0 Å². The summed E-state index contributed by atoms with van der Waals surface area (Å²) in [6.07, 6.45) is 2.15. The van der Waals surface area contributed by atoms with Crippen LogP contribution in [0, 0.1) is 0 Å². The fourth-order valence-electron chi connectivity index (χ4n) is 1.71. The van der Waals surface area contributed by atoms with E-state index in [1.165, 1.54) is 0 Å². The van der Waals surface area contributed by atoms with Crippen molar-refractivity contribution in [1.82, 2.24) is 20.3 Å². The van der Waals surface area contributed by atoms with E-state index in [1.54, 1.807) is 6.20 Å². The molecule has 7 heteroatoms. The van der Waals surface area contributed by atoms with Gasteiger partial charge >= 0.3 is 0 Å². The normalized spacial score (nSPS) is 10.8. The van der Waals surface area contributed by atoms with Crippen LogP contribution in [0.4, 0.5) is 5.82 Å². The molecule has 1 aromatic carbocycles. The summed E-state index contributed by atoms with van der Waals surface area (Å²) < 4.78 is 6.20. The monoisotopic (exact) mass is 319 g/mol. The summed E-state index contributed by atoms with van der Waals surface area (Å²) in [5.74, 6) is 1.38. The van der Waals surface area contributed by atoms with E-state index in [0.29, 0.717) is 29.5 Å². The molecule has 3 N–H and O–H groups in total. The lowest BCUT2D eigenvalue weighted by Gasteiger charge is -1.99. The second kappa shape index (κ2) is 4.85. The van der Waals surface area contributed by atoms with Crippen LogP contribution in [0.2, 0.25) is 0 Å². The number of aromatic amines is 1. The first kappa shape index (κ1) is 11.9. The molecule has 2 heterocycles.